The lowest BCUT2D eigenvalue weighted by Crippen LogP contribution is -2.37. The highest BCUT2D eigenvalue weighted by Gasteiger charge is 2.26. The fraction of sp³-hybridized carbons (Fsp3) is 0.857. The minimum Gasteiger partial charge on any atom is -0.481 e. The van der Waals surface area contributed by atoms with Crippen molar-refractivity contribution in [2.75, 3.05) is 6.61 Å². The second kappa shape index (κ2) is 8.15. The summed E-state index contributed by atoms with van der Waals surface area (Å²) in [5.41, 5.74) is 0. The Labute approximate surface area is 114 Å². The van der Waals surface area contributed by atoms with Gasteiger partial charge in [-0.1, -0.05) is 13.3 Å². The van der Waals surface area contributed by atoms with Gasteiger partial charge in [0, 0.05) is 6.04 Å². The van der Waals surface area contributed by atoms with Gasteiger partial charge in [-0.05, 0) is 39.0 Å². The van der Waals surface area contributed by atoms with Crippen molar-refractivity contribution in [3.8, 4) is 0 Å². The smallest absolute Gasteiger partial charge is 0.306 e. The van der Waals surface area contributed by atoms with E-state index in [0.717, 1.165) is 25.7 Å². The maximum atomic E-state index is 11.6. The number of hydrogen-bond donors (Lipinski definition) is 2. The van der Waals surface area contributed by atoms with E-state index in [0.29, 0.717) is 12.8 Å². The van der Waals surface area contributed by atoms with Crippen LogP contribution in [0.4, 0.5) is 0 Å². The van der Waals surface area contributed by atoms with E-state index in [9.17, 15) is 9.59 Å². The Balaban J connectivity index is 2.16. The molecule has 1 unspecified atom stereocenters. The van der Waals surface area contributed by atoms with Crippen molar-refractivity contribution in [1.29, 1.82) is 0 Å². The lowest BCUT2D eigenvalue weighted by Gasteiger charge is -2.26. The molecule has 110 valence electrons. The molecule has 1 saturated carbocycles. The normalized spacial score (nSPS) is 24.7. The van der Waals surface area contributed by atoms with E-state index in [1.54, 1.807) is 0 Å². The summed E-state index contributed by atoms with van der Waals surface area (Å²) in [5.74, 6) is -1.04. The molecule has 0 aromatic carbocycles. The molecule has 1 fully saturated rings. The summed E-state index contributed by atoms with van der Waals surface area (Å²) in [4.78, 5) is 22.4. The first-order valence-corrected chi connectivity index (χ1v) is 7.16. The highest BCUT2D eigenvalue weighted by Crippen LogP contribution is 2.26. The molecule has 0 bridgehead atoms. The molecule has 0 heterocycles. The van der Waals surface area contributed by atoms with Gasteiger partial charge in [-0.25, -0.2) is 0 Å². The van der Waals surface area contributed by atoms with Crippen LogP contribution in [0.1, 0.15) is 52.4 Å². The SMILES string of the molecule is CCCC(C)NC(=O)COC1CCC(C(=O)O)CC1. The number of rotatable bonds is 7. The van der Waals surface area contributed by atoms with Crippen LogP contribution in [0.2, 0.25) is 0 Å². The third kappa shape index (κ3) is 6.05. The molecule has 0 aromatic rings. The van der Waals surface area contributed by atoms with E-state index in [1.807, 2.05) is 6.92 Å². The average molecular weight is 271 g/mol. The Kier molecular flexibility index (Phi) is 6.84. The van der Waals surface area contributed by atoms with Crippen LogP contribution in [0, 0.1) is 5.92 Å². The van der Waals surface area contributed by atoms with Gasteiger partial charge in [-0.3, -0.25) is 9.59 Å². The quantitative estimate of drug-likeness (QED) is 0.742. The van der Waals surface area contributed by atoms with Gasteiger partial charge in [-0.2, -0.15) is 0 Å². The van der Waals surface area contributed by atoms with Crippen LogP contribution >= 0.6 is 0 Å². The average Bonchev–Trinajstić information content (AvgIpc) is 2.37. The van der Waals surface area contributed by atoms with Crippen molar-refractivity contribution >= 4 is 11.9 Å². The Morgan fingerprint density at radius 3 is 2.47 bits per heavy atom. The number of amides is 1. The Bertz CT molecular complexity index is 298. The number of aliphatic carboxylic acids is 1. The van der Waals surface area contributed by atoms with Crippen molar-refractivity contribution in [2.45, 2.75) is 64.5 Å². The topological polar surface area (TPSA) is 75.6 Å². The van der Waals surface area contributed by atoms with Crippen molar-refractivity contribution in [3.63, 3.8) is 0 Å². The molecule has 5 heteroatoms. The van der Waals surface area contributed by atoms with E-state index < -0.39 is 5.97 Å². The minimum atomic E-state index is -0.718. The first-order valence-electron chi connectivity index (χ1n) is 7.16. The molecule has 2 N–H and O–H groups in total. The molecule has 5 nitrogen and oxygen atoms in total. The molecule has 1 aliphatic rings. The van der Waals surface area contributed by atoms with E-state index in [2.05, 4.69) is 12.2 Å². The zero-order valence-electron chi connectivity index (χ0n) is 11.9. The summed E-state index contributed by atoms with van der Waals surface area (Å²) < 4.78 is 5.55. The fourth-order valence-corrected chi connectivity index (χ4v) is 2.49. The summed E-state index contributed by atoms with van der Waals surface area (Å²) >= 11 is 0. The minimum absolute atomic E-state index is 0.0304. The second-order valence-electron chi connectivity index (χ2n) is 5.38. The predicted octanol–water partition coefficient (Wildman–Crippen LogP) is 1.95. The summed E-state index contributed by atoms with van der Waals surface area (Å²) in [5, 5.41) is 11.8. The molecule has 1 atom stereocenters. The maximum absolute atomic E-state index is 11.6. The maximum Gasteiger partial charge on any atom is 0.306 e. The number of ether oxygens (including phenoxy) is 1. The van der Waals surface area contributed by atoms with Crippen molar-refractivity contribution < 1.29 is 19.4 Å². The molecule has 1 amide bonds. The van der Waals surface area contributed by atoms with E-state index in [1.165, 1.54) is 0 Å². The number of carbonyl (C=O) groups is 2. The van der Waals surface area contributed by atoms with Gasteiger partial charge in [0.15, 0.2) is 0 Å². The van der Waals surface area contributed by atoms with Crippen molar-refractivity contribution in [3.05, 3.63) is 0 Å². The summed E-state index contributed by atoms with van der Waals surface area (Å²) in [7, 11) is 0. The predicted molar refractivity (Wildman–Crippen MR) is 71.8 cm³/mol. The zero-order valence-corrected chi connectivity index (χ0v) is 11.9. The zero-order chi connectivity index (χ0) is 14.3. The molecule has 1 rings (SSSR count). The first kappa shape index (κ1) is 16.0. The van der Waals surface area contributed by atoms with Crippen LogP contribution in [0.5, 0.6) is 0 Å². The van der Waals surface area contributed by atoms with Gasteiger partial charge in [0.1, 0.15) is 6.61 Å². The molecule has 0 spiro atoms. The number of nitrogens with one attached hydrogen (secondary N) is 1. The monoisotopic (exact) mass is 271 g/mol. The third-order valence-electron chi connectivity index (χ3n) is 3.60. The number of carboxylic acids is 1. The summed E-state index contributed by atoms with van der Waals surface area (Å²) in [6.07, 6.45) is 4.80. The molecular weight excluding hydrogens is 246 g/mol. The van der Waals surface area contributed by atoms with Crippen molar-refractivity contribution in [1.82, 2.24) is 5.32 Å². The second-order valence-corrected chi connectivity index (χ2v) is 5.38. The standard InChI is InChI=1S/C14H25NO4/c1-3-4-10(2)15-13(16)9-19-12-7-5-11(6-8-12)14(17)18/h10-12H,3-9H2,1-2H3,(H,15,16)(H,17,18). The Morgan fingerprint density at radius 1 is 1.32 bits per heavy atom. The van der Waals surface area contributed by atoms with Gasteiger partial charge in [0.2, 0.25) is 5.91 Å². The van der Waals surface area contributed by atoms with Gasteiger partial charge in [-0.15, -0.1) is 0 Å². The fourth-order valence-electron chi connectivity index (χ4n) is 2.49. The number of carboxylic acid groups (broad SMARTS) is 1. The molecule has 0 aromatic heterocycles. The van der Waals surface area contributed by atoms with E-state index >= 15 is 0 Å². The molecule has 1 aliphatic carbocycles. The first-order chi connectivity index (χ1) is 9.02. The molecule has 19 heavy (non-hydrogen) atoms. The van der Waals surface area contributed by atoms with Gasteiger partial charge >= 0.3 is 5.97 Å². The van der Waals surface area contributed by atoms with Gasteiger partial charge < -0.3 is 15.2 Å². The highest BCUT2D eigenvalue weighted by atomic mass is 16.5. The highest BCUT2D eigenvalue weighted by molar-refractivity contribution is 5.77. The number of carbonyl (C=O) groups excluding carboxylic acids is 1. The Morgan fingerprint density at radius 2 is 1.95 bits per heavy atom. The lowest BCUT2D eigenvalue weighted by atomic mass is 9.87. The molecule has 0 saturated heterocycles. The van der Waals surface area contributed by atoms with Gasteiger partial charge in [0.05, 0.1) is 12.0 Å². The van der Waals surface area contributed by atoms with Crippen LogP contribution in [-0.2, 0) is 14.3 Å². The van der Waals surface area contributed by atoms with Crippen LogP contribution in [-0.4, -0.2) is 35.7 Å². The van der Waals surface area contributed by atoms with Crippen LogP contribution < -0.4 is 5.32 Å². The van der Waals surface area contributed by atoms with Crippen LogP contribution in [0.15, 0.2) is 0 Å². The van der Waals surface area contributed by atoms with E-state index in [-0.39, 0.29) is 30.6 Å². The number of hydrogen-bond acceptors (Lipinski definition) is 3. The Hall–Kier alpha value is -1.10. The summed E-state index contributed by atoms with van der Waals surface area (Å²) in [6.45, 7) is 4.15. The van der Waals surface area contributed by atoms with E-state index in [4.69, 9.17) is 9.84 Å². The summed E-state index contributed by atoms with van der Waals surface area (Å²) in [6, 6.07) is 0.184. The van der Waals surface area contributed by atoms with Gasteiger partial charge in [0.25, 0.3) is 0 Å². The molecule has 0 radical (unpaired) electrons. The molecular formula is C14H25NO4. The van der Waals surface area contributed by atoms with Crippen LogP contribution in [0.3, 0.4) is 0 Å². The molecule has 0 aliphatic heterocycles. The van der Waals surface area contributed by atoms with Crippen molar-refractivity contribution in [2.24, 2.45) is 5.92 Å². The van der Waals surface area contributed by atoms with Crippen LogP contribution in [0.25, 0.3) is 0 Å². The lowest BCUT2D eigenvalue weighted by molar-refractivity contribution is -0.144. The largest absolute Gasteiger partial charge is 0.481 e. The third-order valence-corrected chi connectivity index (χ3v) is 3.60.